The highest BCUT2D eigenvalue weighted by Gasteiger charge is 2.48. The fourth-order valence-corrected chi connectivity index (χ4v) is 7.91. The molecule has 4 fully saturated rings. The minimum atomic E-state index is -0.631. The summed E-state index contributed by atoms with van der Waals surface area (Å²) >= 11 is 0. The van der Waals surface area contributed by atoms with Crippen molar-refractivity contribution in [1.29, 1.82) is 0 Å². The zero-order chi connectivity index (χ0) is 27.2. The Kier molecular flexibility index (Phi) is 5.99. The third-order valence-electron chi connectivity index (χ3n) is 9.53. The Morgan fingerprint density at radius 1 is 0.634 bits per heavy atom. The predicted octanol–water partition coefficient (Wildman–Crippen LogP) is 6.50. The Labute approximate surface area is 241 Å². The minimum Gasteiger partial charge on any atom is -0.474 e. The Morgan fingerprint density at radius 3 is 1.73 bits per heavy atom. The largest absolute Gasteiger partial charge is 0.474 e. The second-order valence-corrected chi connectivity index (χ2v) is 12.0. The van der Waals surface area contributed by atoms with Crippen LogP contribution in [0.2, 0.25) is 0 Å². The smallest absolute Gasteiger partial charge is 0.213 e. The Bertz CT molecular complexity index is 1490. The van der Waals surface area contributed by atoms with E-state index >= 15 is 0 Å². The molecule has 0 radical (unpaired) electrons. The maximum atomic E-state index is 6.56. The second kappa shape index (κ2) is 10.0. The molecule has 2 atom stereocenters. The van der Waals surface area contributed by atoms with E-state index in [1.54, 1.807) is 0 Å². The van der Waals surface area contributed by atoms with E-state index in [0.29, 0.717) is 17.9 Å². The van der Waals surface area contributed by atoms with Gasteiger partial charge in [-0.15, -0.1) is 0 Å². The molecule has 9 rings (SSSR count). The molecule has 3 saturated heterocycles. The molecule has 3 aromatic carbocycles. The quantitative estimate of drug-likeness (QED) is 0.222. The summed E-state index contributed by atoms with van der Waals surface area (Å²) in [5, 5.41) is 5.01. The fraction of sp³-hybridized carbons (Fsp3) is 0.278. The molecule has 5 heteroatoms. The highest BCUT2D eigenvalue weighted by Crippen LogP contribution is 2.45. The molecule has 2 aromatic heterocycles. The normalized spacial score (nSPS) is 24.8. The van der Waals surface area contributed by atoms with Crippen LogP contribution in [-0.2, 0) is 5.54 Å². The molecule has 41 heavy (non-hydrogen) atoms. The number of nitrogens with zero attached hydrogens (tertiary/aromatic N) is 4. The van der Waals surface area contributed by atoms with Crippen molar-refractivity contribution < 1.29 is 4.74 Å². The first kappa shape index (κ1) is 24.6. The molecule has 0 spiro atoms. The van der Waals surface area contributed by atoms with Gasteiger partial charge in [0.2, 0.25) is 5.88 Å². The lowest BCUT2D eigenvalue weighted by atomic mass is 9.66. The molecule has 1 aliphatic carbocycles. The van der Waals surface area contributed by atoms with Gasteiger partial charge >= 0.3 is 0 Å². The molecule has 1 saturated carbocycles. The molecular formula is C36H34N4O. The van der Waals surface area contributed by atoms with Gasteiger partial charge in [0, 0.05) is 61.1 Å². The van der Waals surface area contributed by atoms with Crippen molar-refractivity contribution in [2.24, 2.45) is 17.8 Å². The zero-order valence-electron chi connectivity index (χ0n) is 23.1. The van der Waals surface area contributed by atoms with Gasteiger partial charge in [-0.25, -0.2) is 4.98 Å². The van der Waals surface area contributed by atoms with Crippen molar-refractivity contribution >= 4 is 0 Å². The monoisotopic (exact) mass is 538 g/mol. The number of ether oxygens (including phenoxy) is 1. The summed E-state index contributed by atoms with van der Waals surface area (Å²) in [6.45, 7) is 3.66. The number of benzene rings is 3. The van der Waals surface area contributed by atoms with Crippen LogP contribution in [0.4, 0.5) is 0 Å². The maximum absolute atomic E-state index is 6.56. The third kappa shape index (κ3) is 4.18. The topological polar surface area (TPSA) is 43.2 Å². The number of aromatic nitrogens is 3. The minimum absolute atomic E-state index is 0.298. The van der Waals surface area contributed by atoms with Crippen molar-refractivity contribution in [2.75, 3.05) is 19.6 Å². The SMILES string of the molecule is c1ccc(C(c2ccccc2)(c2ccccc2)n2cc(-c3ccc(OC4C5CC6CC4CN(C6)C5)nc3)cn2)cc1. The van der Waals surface area contributed by atoms with Crippen molar-refractivity contribution in [2.45, 2.75) is 24.5 Å². The number of pyridine rings is 1. The van der Waals surface area contributed by atoms with E-state index < -0.39 is 5.54 Å². The molecule has 5 nitrogen and oxygen atoms in total. The van der Waals surface area contributed by atoms with Crippen LogP contribution in [0.5, 0.6) is 5.88 Å². The molecule has 4 bridgehead atoms. The number of hydrogen-bond acceptors (Lipinski definition) is 4. The van der Waals surface area contributed by atoms with Crippen LogP contribution >= 0.6 is 0 Å². The first-order valence-electron chi connectivity index (χ1n) is 14.8. The Hall–Kier alpha value is -4.22. The summed E-state index contributed by atoms with van der Waals surface area (Å²) in [5.74, 6) is 2.89. The highest BCUT2D eigenvalue weighted by atomic mass is 16.5. The van der Waals surface area contributed by atoms with Gasteiger partial charge < -0.3 is 9.64 Å². The first-order valence-corrected chi connectivity index (χ1v) is 14.8. The third-order valence-corrected chi connectivity index (χ3v) is 9.53. The number of rotatable bonds is 7. The summed E-state index contributed by atoms with van der Waals surface area (Å²) in [5.41, 5.74) is 4.89. The van der Waals surface area contributed by atoms with Gasteiger partial charge in [-0.05, 0) is 41.5 Å². The lowest BCUT2D eigenvalue weighted by Gasteiger charge is -2.55. The van der Waals surface area contributed by atoms with Crippen LogP contribution < -0.4 is 4.74 Å². The molecule has 0 N–H and O–H groups in total. The van der Waals surface area contributed by atoms with Gasteiger partial charge in [0.05, 0.1) is 6.20 Å². The Balaban J connectivity index is 1.14. The fourth-order valence-electron chi connectivity index (χ4n) is 7.91. The van der Waals surface area contributed by atoms with Crippen molar-refractivity contribution in [3.05, 3.63) is 138 Å². The summed E-state index contributed by atoms with van der Waals surface area (Å²) in [6.07, 6.45) is 8.95. The molecule has 4 aliphatic rings. The lowest BCUT2D eigenvalue weighted by molar-refractivity contribution is -0.0997. The van der Waals surface area contributed by atoms with Crippen LogP contribution in [-0.4, -0.2) is 45.4 Å². The van der Waals surface area contributed by atoms with Gasteiger partial charge in [0.1, 0.15) is 11.6 Å². The summed E-state index contributed by atoms with van der Waals surface area (Å²) in [4.78, 5) is 7.42. The van der Waals surface area contributed by atoms with Crippen molar-refractivity contribution in [3.8, 4) is 17.0 Å². The van der Waals surface area contributed by atoms with Gasteiger partial charge in [-0.1, -0.05) is 91.0 Å². The van der Waals surface area contributed by atoms with Gasteiger partial charge in [-0.2, -0.15) is 5.10 Å². The van der Waals surface area contributed by atoms with Crippen molar-refractivity contribution in [3.63, 3.8) is 0 Å². The molecule has 5 heterocycles. The van der Waals surface area contributed by atoms with Crippen LogP contribution in [0, 0.1) is 17.8 Å². The second-order valence-electron chi connectivity index (χ2n) is 12.0. The van der Waals surface area contributed by atoms with Gasteiger partial charge in [0.25, 0.3) is 0 Å². The first-order chi connectivity index (χ1) is 20.3. The van der Waals surface area contributed by atoms with E-state index in [1.165, 1.54) is 32.5 Å². The van der Waals surface area contributed by atoms with E-state index in [0.717, 1.165) is 39.6 Å². The zero-order valence-corrected chi connectivity index (χ0v) is 23.1. The summed E-state index contributed by atoms with van der Waals surface area (Å²) in [6, 6.07) is 36.1. The van der Waals surface area contributed by atoms with Crippen LogP contribution in [0.3, 0.4) is 0 Å². The van der Waals surface area contributed by atoms with E-state index in [9.17, 15) is 0 Å². The standard InChI is InChI=1S/C36H34N4O/c1-4-10-31(11-5-1)36(32-12-6-2-7-13-32,33-14-8-3-9-15-33)40-25-30(21-38-40)27-16-17-34(37-20-27)41-35-28-18-26-19-29(35)24-39(22-26)23-28/h1-17,20-21,25-26,28-29,35H,18-19,22-24H2. The molecule has 5 aromatic rings. The van der Waals surface area contributed by atoms with E-state index in [2.05, 4.69) is 113 Å². The Morgan fingerprint density at radius 2 is 1.22 bits per heavy atom. The maximum Gasteiger partial charge on any atom is 0.213 e. The lowest BCUT2D eigenvalue weighted by Crippen LogP contribution is -2.61. The number of piperidine rings is 3. The predicted molar refractivity (Wildman–Crippen MR) is 161 cm³/mol. The average molecular weight is 539 g/mol. The highest BCUT2D eigenvalue weighted by molar-refractivity contribution is 5.62. The molecule has 0 amide bonds. The number of hydrogen-bond donors (Lipinski definition) is 0. The van der Waals surface area contributed by atoms with Gasteiger partial charge in [0.15, 0.2) is 0 Å². The van der Waals surface area contributed by atoms with Crippen LogP contribution in [0.1, 0.15) is 29.5 Å². The summed E-state index contributed by atoms with van der Waals surface area (Å²) < 4.78 is 8.66. The van der Waals surface area contributed by atoms with Crippen molar-refractivity contribution in [1.82, 2.24) is 19.7 Å². The molecule has 204 valence electrons. The average Bonchev–Trinajstić information content (AvgIpc) is 3.52. The van der Waals surface area contributed by atoms with Gasteiger partial charge in [-0.3, -0.25) is 4.68 Å². The molecular weight excluding hydrogens is 504 g/mol. The van der Waals surface area contributed by atoms with Crippen LogP contribution in [0.25, 0.3) is 11.1 Å². The molecule has 2 unspecified atom stereocenters. The van der Waals surface area contributed by atoms with E-state index in [4.69, 9.17) is 14.8 Å². The van der Waals surface area contributed by atoms with Crippen LogP contribution in [0.15, 0.2) is 122 Å². The molecule has 3 aliphatic heterocycles. The van der Waals surface area contributed by atoms with E-state index in [-0.39, 0.29) is 0 Å². The van der Waals surface area contributed by atoms with E-state index in [1.807, 2.05) is 18.5 Å². The summed E-state index contributed by atoms with van der Waals surface area (Å²) in [7, 11) is 0.